The Hall–Kier alpha value is -2.60. The third kappa shape index (κ3) is 3.35. The fourth-order valence-electron chi connectivity index (χ4n) is 4.66. The standard InChI is InChI=1S/C23H23F2N3O/c24-19-9-13(12-28-6-2-1-3-7-28)8-16(21(19)25)14-4-5-15-17-11-20(17)27-22(23(26)29)18(15)10-14/h4-5,8-10,17,20H,1-3,6-7,11-12H2,(H2,26,29)/t17-,20?/m1/s1. The van der Waals surface area contributed by atoms with Gasteiger partial charge in [-0.2, -0.15) is 0 Å². The minimum atomic E-state index is -0.870. The van der Waals surface area contributed by atoms with Gasteiger partial charge in [0, 0.05) is 23.6 Å². The molecule has 2 fully saturated rings. The molecular weight excluding hydrogens is 372 g/mol. The van der Waals surface area contributed by atoms with Gasteiger partial charge in [-0.3, -0.25) is 14.7 Å². The van der Waals surface area contributed by atoms with Crippen molar-refractivity contribution in [3.8, 4) is 11.1 Å². The van der Waals surface area contributed by atoms with Crippen LogP contribution in [0.1, 0.15) is 48.3 Å². The number of hydrogen-bond acceptors (Lipinski definition) is 3. The molecule has 150 valence electrons. The molecule has 3 aliphatic rings. The van der Waals surface area contributed by atoms with E-state index in [0.717, 1.165) is 43.5 Å². The molecule has 1 unspecified atom stereocenters. The monoisotopic (exact) mass is 395 g/mol. The molecule has 0 bridgehead atoms. The molecule has 29 heavy (non-hydrogen) atoms. The highest BCUT2D eigenvalue weighted by Crippen LogP contribution is 2.48. The summed E-state index contributed by atoms with van der Waals surface area (Å²) in [6, 6.07) is 8.58. The topological polar surface area (TPSA) is 58.7 Å². The van der Waals surface area contributed by atoms with Crippen LogP contribution in [-0.4, -0.2) is 35.7 Å². The molecule has 2 N–H and O–H groups in total. The minimum absolute atomic E-state index is 0.123. The maximum absolute atomic E-state index is 14.7. The molecule has 0 aromatic heterocycles. The van der Waals surface area contributed by atoms with Crippen LogP contribution in [-0.2, 0) is 11.3 Å². The van der Waals surface area contributed by atoms with Crippen molar-refractivity contribution < 1.29 is 13.6 Å². The molecule has 5 rings (SSSR count). The Morgan fingerprint density at radius 2 is 1.90 bits per heavy atom. The number of aliphatic imine (C=N–C) groups is 1. The molecule has 2 atom stereocenters. The number of amides is 1. The molecule has 1 saturated heterocycles. The molecule has 0 spiro atoms. The second-order valence-electron chi connectivity index (χ2n) is 8.33. The van der Waals surface area contributed by atoms with E-state index in [9.17, 15) is 13.6 Å². The van der Waals surface area contributed by atoms with Gasteiger partial charge in [-0.05, 0) is 67.2 Å². The molecule has 1 aliphatic carbocycles. The summed E-state index contributed by atoms with van der Waals surface area (Å²) < 4.78 is 29.1. The molecule has 2 aromatic rings. The largest absolute Gasteiger partial charge is 0.364 e. The van der Waals surface area contributed by atoms with Gasteiger partial charge >= 0.3 is 0 Å². The lowest BCUT2D eigenvalue weighted by molar-refractivity contribution is -0.111. The first-order valence-electron chi connectivity index (χ1n) is 10.2. The van der Waals surface area contributed by atoms with Crippen molar-refractivity contribution in [2.75, 3.05) is 13.1 Å². The number of fused-ring (bicyclic) bond motifs is 3. The van der Waals surface area contributed by atoms with Gasteiger partial charge in [-0.1, -0.05) is 18.6 Å². The zero-order valence-electron chi connectivity index (χ0n) is 16.1. The average molecular weight is 395 g/mol. The summed E-state index contributed by atoms with van der Waals surface area (Å²) in [5, 5.41) is 0. The normalized spacial score (nSPS) is 23.2. The van der Waals surface area contributed by atoms with Gasteiger partial charge in [0.25, 0.3) is 5.91 Å². The van der Waals surface area contributed by atoms with Crippen molar-refractivity contribution in [2.45, 2.75) is 44.2 Å². The van der Waals surface area contributed by atoms with Gasteiger partial charge < -0.3 is 5.73 Å². The molecule has 2 aromatic carbocycles. The highest BCUT2D eigenvalue weighted by molar-refractivity contribution is 6.45. The van der Waals surface area contributed by atoms with Crippen LogP contribution >= 0.6 is 0 Å². The van der Waals surface area contributed by atoms with E-state index in [-0.39, 0.29) is 17.3 Å². The van der Waals surface area contributed by atoms with Gasteiger partial charge in [-0.25, -0.2) is 8.78 Å². The van der Waals surface area contributed by atoms with Crippen LogP contribution in [0.4, 0.5) is 8.78 Å². The van der Waals surface area contributed by atoms with Crippen molar-refractivity contribution in [3.63, 3.8) is 0 Å². The zero-order chi connectivity index (χ0) is 20.1. The lowest BCUT2D eigenvalue weighted by atomic mass is 9.91. The maximum Gasteiger partial charge on any atom is 0.267 e. The van der Waals surface area contributed by atoms with E-state index in [1.54, 1.807) is 18.2 Å². The van der Waals surface area contributed by atoms with Gasteiger partial charge in [0.05, 0.1) is 6.04 Å². The van der Waals surface area contributed by atoms with Crippen molar-refractivity contribution >= 4 is 11.6 Å². The molecule has 0 radical (unpaired) electrons. The average Bonchev–Trinajstić information content (AvgIpc) is 3.50. The number of likely N-dealkylation sites (tertiary alicyclic amines) is 1. The third-order valence-electron chi connectivity index (χ3n) is 6.25. The van der Waals surface area contributed by atoms with Crippen LogP contribution in [0.15, 0.2) is 35.3 Å². The van der Waals surface area contributed by atoms with E-state index >= 15 is 0 Å². The Balaban J connectivity index is 1.53. The Labute approximate surface area is 168 Å². The van der Waals surface area contributed by atoms with E-state index in [2.05, 4.69) is 9.89 Å². The van der Waals surface area contributed by atoms with E-state index in [4.69, 9.17) is 5.73 Å². The predicted molar refractivity (Wildman–Crippen MR) is 108 cm³/mol. The molecule has 6 heteroatoms. The number of primary amides is 1. The first kappa shape index (κ1) is 18.4. The number of nitrogens with zero attached hydrogens (tertiary/aromatic N) is 2. The quantitative estimate of drug-likeness (QED) is 0.857. The highest BCUT2D eigenvalue weighted by atomic mass is 19.2. The zero-order valence-corrected chi connectivity index (χ0v) is 16.1. The number of hydrogen-bond donors (Lipinski definition) is 1. The van der Waals surface area contributed by atoms with E-state index in [0.29, 0.717) is 23.6 Å². The minimum Gasteiger partial charge on any atom is -0.364 e. The lowest BCUT2D eigenvalue weighted by Crippen LogP contribution is -2.29. The smallest absolute Gasteiger partial charge is 0.267 e. The molecule has 1 saturated carbocycles. The molecule has 2 heterocycles. The second-order valence-corrected chi connectivity index (χ2v) is 8.33. The third-order valence-corrected chi connectivity index (χ3v) is 6.25. The summed E-state index contributed by atoms with van der Waals surface area (Å²) >= 11 is 0. The van der Waals surface area contributed by atoms with E-state index < -0.39 is 17.5 Å². The SMILES string of the molecule is NC(=O)C1=NC2C[C@@H]2c2ccc(-c3cc(CN4CCCCC4)cc(F)c3F)cc21. The number of rotatable bonds is 4. The van der Waals surface area contributed by atoms with Gasteiger partial charge in [-0.15, -0.1) is 0 Å². The number of halogens is 2. The first-order valence-corrected chi connectivity index (χ1v) is 10.2. The number of benzene rings is 2. The molecule has 2 aliphatic heterocycles. The summed E-state index contributed by atoms with van der Waals surface area (Å²) in [6.45, 7) is 2.56. The Kier molecular flexibility index (Phi) is 4.46. The van der Waals surface area contributed by atoms with Gasteiger partial charge in [0.15, 0.2) is 11.6 Å². The maximum atomic E-state index is 14.7. The van der Waals surface area contributed by atoms with Crippen LogP contribution < -0.4 is 5.73 Å². The van der Waals surface area contributed by atoms with Crippen molar-refractivity contribution in [3.05, 3.63) is 58.7 Å². The van der Waals surface area contributed by atoms with E-state index in [1.165, 1.54) is 12.5 Å². The fraction of sp³-hybridized carbons (Fsp3) is 0.391. The van der Waals surface area contributed by atoms with Crippen molar-refractivity contribution in [1.29, 1.82) is 0 Å². The van der Waals surface area contributed by atoms with Crippen LogP contribution in [0, 0.1) is 11.6 Å². The van der Waals surface area contributed by atoms with Gasteiger partial charge in [0.2, 0.25) is 0 Å². The summed E-state index contributed by atoms with van der Waals surface area (Å²) in [6.07, 6.45) is 4.40. The van der Waals surface area contributed by atoms with Gasteiger partial charge in [0.1, 0.15) is 5.71 Å². The summed E-state index contributed by atoms with van der Waals surface area (Å²) in [7, 11) is 0. The number of piperidine rings is 1. The lowest BCUT2D eigenvalue weighted by Gasteiger charge is -2.26. The Bertz CT molecular complexity index is 1030. The predicted octanol–water partition coefficient (Wildman–Crippen LogP) is 3.76. The van der Waals surface area contributed by atoms with Crippen molar-refractivity contribution in [1.82, 2.24) is 4.90 Å². The number of carbonyl (C=O) groups is 1. The number of carbonyl (C=O) groups excluding carboxylic acids is 1. The Morgan fingerprint density at radius 1 is 1.10 bits per heavy atom. The fourth-order valence-corrected chi connectivity index (χ4v) is 4.66. The second kappa shape index (κ2) is 7.02. The van der Waals surface area contributed by atoms with Crippen molar-refractivity contribution in [2.24, 2.45) is 10.7 Å². The molecule has 4 nitrogen and oxygen atoms in total. The van der Waals surface area contributed by atoms with E-state index in [1.807, 2.05) is 6.07 Å². The highest BCUT2D eigenvalue weighted by Gasteiger charge is 2.44. The van der Waals surface area contributed by atoms with Crippen LogP contribution in [0.5, 0.6) is 0 Å². The Morgan fingerprint density at radius 3 is 2.66 bits per heavy atom. The van der Waals surface area contributed by atoms with Crippen LogP contribution in [0.25, 0.3) is 11.1 Å². The number of nitrogens with two attached hydrogens (primary N) is 1. The summed E-state index contributed by atoms with van der Waals surface area (Å²) in [5.74, 6) is -2.00. The summed E-state index contributed by atoms with van der Waals surface area (Å²) in [5.41, 5.74) is 8.94. The molecular formula is C23H23F2N3O. The first-order chi connectivity index (χ1) is 14.0. The van der Waals surface area contributed by atoms with Crippen LogP contribution in [0.3, 0.4) is 0 Å². The molecule has 1 amide bonds. The summed E-state index contributed by atoms with van der Waals surface area (Å²) in [4.78, 5) is 18.6. The van der Waals surface area contributed by atoms with Crippen LogP contribution in [0.2, 0.25) is 0 Å².